The van der Waals surface area contributed by atoms with E-state index < -0.39 is 10.8 Å². The molecule has 1 saturated heterocycles. The molecule has 8 nitrogen and oxygen atoms in total. The molecular formula is C30H34N4O4. The van der Waals surface area contributed by atoms with Crippen molar-refractivity contribution in [3.05, 3.63) is 99.1 Å². The summed E-state index contributed by atoms with van der Waals surface area (Å²) in [6.45, 7) is 7.13. The predicted molar refractivity (Wildman–Crippen MR) is 150 cm³/mol. The number of rotatable bonds is 8. The first-order valence-electron chi connectivity index (χ1n) is 13.0. The summed E-state index contributed by atoms with van der Waals surface area (Å²) < 4.78 is 0. The number of nitro benzene ring substituents is 1. The molecule has 0 bridgehead atoms. The first-order valence-corrected chi connectivity index (χ1v) is 13.0. The number of carbonyl (C=O) groups is 2. The van der Waals surface area contributed by atoms with Crippen molar-refractivity contribution in [3.8, 4) is 0 Å². The van der Waals surface area contributed by atoms with Gasteiger partial charge in [-0.25, -0.2) is 0 Å². The quantitative estimate of drug-likeness (QED) is 0.294. The fourth-order valence-corrected chi connectivity index (χ4v) is 4.89. The van der Waals surface area contributed by atoms with Crippen LogP contribution in [-0.2, 0) is 6.42 Å². The molecule has 0 saturated carbocycles. The Bertz CT molecular complexity index is 1320. The van der Waals surface area contributed by atoms with E-state index in [1.807, 2.05) is 26.0 Å². The Morgan fingerprint density at radius 1 is 1.00 bits per heavy atom. The Hall–Kier alpha value is -4.20. The predicted octanol–water partition coefficient (Wildman–Crippen LogP) is 5.75. The molecule has 0 aromatic heterocycles. The minimum Gasteiger partial charge on any atom is -0.371 e. The molecule has 3 aromatic carbocycles. The number of hydrogen-bond donors (Lipinski definition) is 2. The van der Waals surface area contributed by atoms with Gasteiger partial charge in [-0.1, -0.05) is 36.4 Å². The lowest BCUT2D eigenvalue weighted by Gasteiger charge is -2.35. The number of aryl methyl sites for hydroxylation is 1. The number of nitrogens with zero attached hydrogens (tertiary/aromatic N) is 2. The molecule has 0 aliphatic carbocycles. The molecule has 1 aliphatic rings. The Kier molecular flexibility index (Phi) is 8.41. The molecule has 3 aromatic rings. The molecule has 4 rings (SSSR count). The summed E-state index contributed by atoms with van der Waals surface area (Å²) in [5.41, 5.74) is 3.69. The van der Waals surface area contributed by atoms with E-state index in [4.69, 9.17) is 0 Å². The Morgan fingerprint density at radius 2 is 1.71 bits per heavy atom. The molecule has 1 fully saturated rings. The third kappa shape index (κ3) is 6.56. The molecular weight excluding hydrogens is 480 g/mol. The fourth-order valence-electron chi connectivity index (χ4n) is 4.89. The number of benzene rings is 3. The lowest BCUT2D eigenvalue weighted by Crippen LogP contribution is -2.37. The van der Waals surface area contributed by atoms with Gasteiger partial charge in [0.1, 0.15) is 0 Å². The van der Waals surface area contributed by atoms with Gasteiger partial charge in [0, 0.05) is 47.7 Å². The van der Waals surface area contributed by atoms with Crippen LogP contribution in [0.5, 0.6) is 0 Å². The average Bonchev–Trinajstić information content (AvgIpc) is 2.89. The van der Waals surface area contributed by atoms with Crippen LogP contribution >= 0.6 is 0 Å². The summed E-state index contributed by atoms with van der Waals surface area (Å²) >= 11 is 0. The van der Waals surface area contributed by atoms with Gasteiger partial charge in [0.15, 0.2) is 0 Å². The van der Waals surface area contributed by atoms with Crippen molar-refractivity contribution in [2.75, 3.05) is 23.3 Å². The van der Waals surface area contributed by atoms with Crippen molar-refractivity contribution in [3.63, 3.8) is 0 Å². The number of amides is 2. The molecule has 0 spiro atoms. The van der Waals surface area contributed by atoms with Crippen molar-refractivity contribution in [2.24, 2.45) is 5.92 Å². The third-order valence-corrected chi connectivity index (χ3v) is 6.91. The summed E-state index contributed by atoms with van der Waals surface area (Å²) in [5.74, 6) is -0.0833. The van der Waals surface area contributed by atoms with E-state index >= 15 is 0 Å². The van der Waals surface area contributed by atoms with E-state index in [9.17, 15) is 19.7 Å². The standard InChI is InChI=1S/C30H34N4O4/c1-20(2)31-30(36)26-19-25(32-29(35)24-10-9-21(3)28(18-24)34(37)38)11-12-27(26)33-15-13-23(14-16-33)17-22-7-5-4-6-8-22/h4-12,18-20,23H,13-17H2,1-3H3,(H,31,36)(H,32,35). The molecule has 2 amide bonds. The monoisotopic (exact) mass is 514 g/mol. The van der Waals surface area contributed by atoms with Crippen LogP contribution in [-0.4, -0.2) is 35.9 Å². The van der Waals surface area contributed by atoms with Gasteiger partial charge < -0.3 is 15.5 Å². The number of nitrogens with one attached hydrogen (secondary N) is 2. The molecule has 0 unspecified atom stereocenters. The highest BCUT2D eigenvalue weighted by Gasteiger charge is 2.24. The first-order chi connectivity index (χ1) is 18.2. The van der Waals surface area contributed by atoms with Gasteiger partial charge in [-0.05, 0) is 75.8 Å². The summed E-state index contributed by atoms with van der Waals surface area (Å²) in [4.78, 5) is 39.1. The average molecular weight is 515 g/mol. The van der Waals surface area contributed by atoms with Crippen LogP contribution in [0, 0.1) is 23.0 Å². The number of anilines is 2. The van der Waals surface area contributed by atoms with Gasteiger partial charge in [-0.15, -0.1) is 0 Å². The smallest absolute Gasteiger partial charge is 0.273 e. The highest BCUT2D eigenvalue weighted by Crippen LogP contribution is 2.30. The van der Waals surface area contributed by atoms with Crippen molar-refractivity contribution in [1.82, 2.24) is 5.32 Å². The lowest BCUT2D eigenvalue weighted by atomic mass is 9.89. The topological polar surface area (TPSA) is 105 Å². The van der Waals surface area contributed by atoms with E-state index in [2.05, 4.69) is 39.8 Å². The van der Waals surface area contributed by atoms with Crippen LogP contribution in [0.4, 0.5) is 17.1 Å². The van der Waals surface area contributed by atoms with Crippen LogP contribution in [0.3, 0.4) is 0 Å². The van der Waals surface area contributed by atoms with E-state index in [-0.39, 0.29) is 23.2 Å². The zero-order chi connectivity index (χ0) is 27.2. The minimum absolute atomic E-state index is 0.0432. The van der Waals surface area contributed by atoms with Gasteiger partial charge >= 0.3 is 0 Å². The molecule has 2 N–H and O–H groups in total. The van der Waals surface area contributed by atoms with Crippen LogP contribution in [0.25, 0.3) is 0 Å². The van der Waals surface area contributed by atoms with Gasteiger partial charge in [0.05, 0.1) is 10.5 Å². The second kappa shape index (κ2) is 11.9. The second-order valence-electron chi connectivity index (χ2n) is 10.2. The van der Waals surface area contributed by atoms with E-state index in [0.29, 0.717) is 22.7 Å². The van der Waals surface area contributed by atoms with Crippen molar-refractivity contribution in [2.45, 2.75) is 46.1 Å². The third-order valence-electron chi connectivity index (χ3n) is 6.91. The molecule has 198 valence electrons. The Labute approximate surface area is 223 Å². The van der Waals surface area contributed by atoms with E-state index in [0.717, 1.165) is 38.0 Å². The Morgan fingerprint density at radius 3 is 2.37 bits per heavy atom. The van der Waals surface area contributed by atoms with Crippen molar-refractivity contribution >= 4 is 28.9 Å². The van der Waals surface area contributed by atoms with Gasteiger partial charge in [0.2, 0.25) is 0 Å². The number of carbonyl (C=O) groups excluding carboxylic acids is 2. The zero-order valence-corrected chi connectivity index (χ0v) is 22.1. The Balaban J connectivity index is 1.52. The normalized spacial score (nSPS) is 13.8. The largest absolute Gasteiger partial charge is 0.371 e. The van der Waals surface area contributed by atoms with E-state index in [1.54, 1.807) is 31.2 Å². The molecule has 1 heterocycles. The molecule has 0 radical (unpaired) electrons. The highest BCUT2D eigenvalue weighted by molar-refractivity contribution is 6.06. The lowest BCUT2D eigenvalue weighted by molar-refractivity contribution is -0.385. The highest BCUT2D eigenvalue weighted by atomic mass is 16.6. The van der Waals surface area contributed by atoms with Gasteiger partial charge in [-0.3, -0.25) is 19.7 Å². The molecule has 0 atom stereocenters. The fraction of sp³-hybridized carbons (Fsp3) is 0.333. The van der Waals surface area contributed by atoms with E-state index in [1.165, 1.54) is 11.6 Å². The number of piperidine rings is 1. The summed E-state index contributed by atoms with van der Waals surface area (Å²) in [6, 6.07) is 20.2. The number of nitro groups is 1. The van der Waals surface area contributed by atoms with Crippen molar-refractivity contribution < 1.29 is 14.5 Å². The van der Waals surface area contributed by atoms with Gasteiger partial charge in [-0.2, -0.15) is 0 Å². The van der Waals surface area contributed by atoms with Crippen LogP contribution < -0.4 is 15.5 Å². The molecule has 38 heavy (non-hydrogen) atoms. The van der Waals surface area contributed by atoms with Gasteiger partial charge in [0.25, 0.3) is 17.5 Å². The van der Waals surface area contributed by atoms with Crippen molar-refractivity contribution in [1.29, 1.82) is 0 Å². The maximum Gasteiger partial charge on any atom is 0.273 e. The summed E-state index contributed by atoms with van der Waals surface area (Å²) in [6.07, 6.45) is 3.12. The molecule has 8 heteroatoms. The summed E-state index contributed by atoms with van der Waals surface area (Å²) in [5, 5.41) is 17.0. The zero-order valence-electron chi connectivity index (χ0n) is 22.1. The second-order valence-corrected chi connectivity index (χ2v) is 10.2. The molecule has 1 aliphatic heterocycles. The number of hydrogen-bond acceptors (Lipinski definition) is 5. The first kappa shape index (κ1) is 26.9. The maximum absolute atomic E-state index is 13.2. The summed E-state index contributed by atoms with van der Waals surface area (Å²) in [7, 11) is 0. The van der Waals surface area contributed by atoms with Crippen LogP contribution in [0.1, 0.15) is 58.5 Å². The maximum atomic E-state index is 13.2. The minimum atomic E-state index is -0.502. The SMILES string of the molecule is Cc1ccc(C(=O)Nc2ccc(N3CCC(Cc4ccccc4)CC3)c(C(=O)NC(C)C)c2)cc1[N+](=O)[O-]. The van der Waals surface area contributed by atoms with Crippen LogP contribution in [0.2, 0.25) is 0 Å². The van der Waals surface area contributed by atoms with Crippen LogP contribution in [0.15, 0.2) is 66.7 Å².